The van der Waals surface area contributed by atoms with Crippen molar-refractivity contribution in [2.24, 2.45) is 0 Å². The van der Waals surface area contributed by atoms with E-state index in [-0.39, 0.29) is 5.56 Å². The molecular formula is C27H28N6O2. The van der Waals surface area contributed by atoms with Crippen molar-refractivity contribution in [1.82, 2.24) is 25.3 Å². The minimum absolute atomic E-state index is 0.220. The largest absolute Gasteiger partial charge is 0.358 e. The van der Waals surface area contributed by atoms with Gasteiger partial charge >= 0.3 is 0 Å². The monoisotopic (exact) mass is 468 g/mol. The van der Waals surface area contributed by atoms with Crippen molar-refractivity contribution in [2.75, 3.05) is 24.5 Å². The SMILES string of the molecule is O=C(NO)c1cnc(N2CCc3[nH]c4ccc(-c5cccc(CN6CCCC6)c5)cc4c3C2)nc1. The summed E-state index contributed by atoms with van der Waals surface area (Å²) >= 11 is 0. The Morgan fingerprint density at radius 3 is 2.63 bits per heavy atom. The number of nitrogens with zero attached hydrogens (tertiary/aromatic N) is 4. The van der Waals surface area contributed by atoms with Crippen LogP contribution >= 0.6 is 0 Å². The number of hydrogen-bond acceptors (Lipinski definition) is 6. The zero-order valence-electron chi connectivity index (χ0n) is 19.5. The van der Waals surface area contributed by atoms with Gasteiger partial charge in [0.2, 0.25) is 5.95 Å². The van der Waals surface area contributed by atoms with Gasteiger partial charge in [-0.2, -0.15) is 0 Å². The first-order chi connectivity index (χ1) is 17.2. The molecule has 0 bridgehead atoms. The molecule has 8 heteroatoms. The van der Waals surface area contributed by atoms with Crippen LogP contribution in [0.2, 0.25) is 0 Å². The molecule has 1 saturated heterocycles. The Labute approximate surface area is 203 Å². The number of anilines is 1. The van der Waals surface area contributed by atoms with Crippen molar-refractivity contribution in [3.05, 3.63) is 77.2 Å². The number of hydrogen-bond donors (Lipinski definition) is 3. The lowest BCUT2D eigenvalue weighted by molar-refractivity contribution is 0.0705. The van der Waals surface area contributed by atoms with E-state index in [9.17, 15) is 4.79 Å². The summed E-state index contributed by atoms with van der Waals surface area (Å²) < 4.78 is 0. The maximum atomic E-state index is 11.6. The highest BCUT2D eigenvalue weighted by atomic mass is 16.5. The zero-order valence-corrected chi connectivity index (χ0v) is 19.5. The molecule has 2 aliphatic heterocycles. The van der Waals surface area contributed by atoms with Crippen LogP contribution in [0.4, 0.5) is 5.95 Å². The number of fused-ring (bicyclic) bond motifs is 3. The maximum absolute atomic E-state index is 11.6. The van der Waals surface area contributed by atoms with E-state index < -0.39 is 5.91 Å². The van der Waals surface area contributed by atoms with Gasteiger partial charge in [-0.3, -0.25) is 14.9 Å². The molecule has 2 aliphatic rings. The summed E-state index contributed by atoms with van der Waals surface area (Å²) in [6, 6.07) is 15.6. The quantitative estimate of drug-likeness (QED) is 0.304. The first kappa shape index (κ1) is 21.8. The van der Waals surface area contributed by atoms with Gasteiger partial charge in [0.1, 0.15) is 0 Å². The summed E-state index contributed by atoms with van der Waals surface area (Å²) in [6.07, 6.45) is 6.35. The van der Waals surface area contributed by atoms with Crippen LogP contribution in [0.15, 0.2) is 54.9 Å². The van der Waals surface area contributed by atoms with Gasteiger partial charge < -0.3 is 9.88 Å². The van der Waals surface area contributed by atoms with Crippen molar-refractivity contribution < 1.29 is 10.0 Å². The van der Waals surface area contributed by atoms with E-state index in [2.05, 4.69) is 67.2 Å². The topological polar surface area (TPSA) is 97.4 Å². The second-order valence-corrected chi connectivity index (χ2v) is 9.41. The molecule has 35 heavy (non-hydrogen) atoms. The number of aromatic nitrogens is 3. The van der Waals surface area contributed by atoms with Gasteiger partial charge in [0.05, 0.1) is 5.56 Å². The molecule has 0 aliphatic carbocycles. The summed E-state index contributed by atoms with van der Waals surface area (Å²) in [5, 5.41) is 10.0. The van der Waals surface area contributed by atoms with E-state index in [0.717, 1.165) is 25.0 Å². The molecule has 0 saturated carbocycles. The summed E-state index contributed by atoms with van der Waals surface area (Å²) in [7, 11) is 0. The van der Waals surface area contributed by atoms with Crippen molar-refractivity contribution in [2.45, 2.75) is 32.4 Å². The van der Waals surface area contributed by atoms with Crippen molar-refractivity contribution >= 4 is 22.8 Å². The molecule has 3 N–H and O–H groups in total. The number of rotatable bonds is 5. The van der Waals surface area contributed by atoms with Crippen molar-refractivity contribution in [3.8, 4) is 11.1 Å². The standard InChI is InChI=1S/C27H28N6O2/c34-26(31-35)21-14-28-27(29-15-21)33-11-8-25-23(17-33)22-13-20(6-7-24(22)30-25)19-5-3-4-18(12-19)16-32-9-1-2-10-32/h3-7,12-15,30,35H,1-2,8-11,16-17H2,(H,31,34). The lowest BCUT2D eigenvalue weighted by Crippen LogP contribution is -2.31. The molecule has 2 aromatic heterocycles. The summed E-state index contributed by atoms with van der Waals surface area (Å²) in [5.74, 6) is -0.0450. The third-order valence-electron chi connectivity index (χ3n) is 7.13. The number of hydroxylamine groups is 1. The van der Waals surface area contributed by atoms with Crippen molar-refractivity contribution in [1.29, 1.82) is 0 Å². The Hall–Kier alpha value is -3.75. The number of H-pyrrole nitrogens is 1. The smallest absolute Gasteiger partial charge is 0.277 e. The molecule has 2 aromatic carbocycles. The fourth-order valence-electron chi connectivity index (χ4n) is 5.28. The average Bonchev–Trinajstić information content (AvgIpc) is 3.55. The molecule has 1 fully saturated rings. The van der Waals surface area contributed by atoms with Gasteiger partial charge in [0.15, 0.2) is 0 Å². The minimum Gasteiger partial charge on any atom is -0.358 e. The zero-order chi connectivity index (χ0) is 23.8. The number of carbonyl (C=O) groups is 1. The Kier molecular flexibility index (Phi) is 5.67. The Morgan fingerprint density at radius 1 is 1.03 bits per heavy atom. The highest BCUT2D eigenvalue weighted by Crippen LogP contribution is 2.33. The predicted octanol–water partition coefficient (Wildman–Crippen LogP) is 3.90. The molecule has 1 amide bonds. The van der Waals surface area contributed by atoms with Gasteiger partial charge in [-0.05, 0) is 60.8 Å². The first-order valence-corrected chi connectivity index (χ1v) is 12.1. The number of carbonyl (C=O) groups excluding carboxylic acids is 1. The van der Waals surface area contributed by atoms with Crippen LogP contribution in [-0.2, 0) is 19.5 Å². The van der Waals surface area contributed by atoms with E-state index in [4.69, 9.17) is 5.21 Å². The molecule has 4 heterocycles. The molecular weight excluding hydrogens is 440 g/mol. The summed E-state index contributed by atoms with van der Waals surface area (Å²) in [5.41, 5.74) is 9.32. The second kappa shape index (κ2) is 9.13. The molecule has 0 spiro atoms. The lowest BCUT2D eigenvalue weighted by Gasteiger charge is -2.27. The van der Waals surface area contributed by atoms with E-state index in [1.54, 1.807) is 5.48 Å². The van der Waals surface area contributed by atoms with Gasteiger partial charge in [-0.1, -0.05) is 24.3 Å². The van der Waals surface area contributed by atoms with Crippen LogP contribution in [-0.4, -0.2) is 50.6 Å². The number of amides is 1. The average molecular weight is 469 g/mol. The minimum atomic E-state index is -0.619. The molecule has 0 atom stereocenters. The molecule has 178 valence electrons. The van der Waals surface area contributed by atoms with Crippen LogP contribution in [0.3, 0.4) is 0 Å². The Bertz CT molecular complexity index is 1370. The Balaban J connectivity index is 1.27. The van der Waals surface area contributed by atoms with E-state index in [1.807, 2.05) is 0 Å². The number of benzene rings is 2. The molecule has 0 unspecified atom stereocenters. The van der Waals surface area contributed by atoms with Crippen LogP contribution in [0.1, 0.15) is 40.0 Å². The predicted molar refractivity (Wildman–Crippen MR) is 134 cm³/mol. The van der Waals surface area contributed by atoms with Crippen LogP contribution in [0.5, 0.6) is 0 Å². The van der Waals surface area contributed by atoms with E-state index in [1.165, 1.54) is 71.7 Å². The highest BCUT2D eigenvalue weighted by molar-refractivity contribution is 5.93. The fraction of sp³-hybridized carbons (Fsp3) is 0.296. The molecule has 0 radical (unpaired) electrons. The first-order valence-electron chi connectivity index (χ1n) is 12.1. The van der Waals surface area contributed by atoms with Gasteiger partial charge in [0, 0.05) is 60.6 Å². The van der Waals surface area contributed by atoms with Crippen LogP contribution < -0.4 is 10.4 Å². The molecule has 8 nitrogen and oxygen atoms in total. The van der Waals surface area contributed by atoms with Crippen LogP contribution in [0, 0.1) is 0 Å². The maximum Gasteiger partial charge on any atom is 0.277 e. The van der Waals surface area contributed by atoms with Gasteiger partial charge in [-0.15, -0.1) is 0 Å². The Morgan fingerprint density at radius 2 is 1.83 bits per heavy atom. The van der Waals surface area contributed by atoms with E-state index in [0.29, 0.717) is 12.5 Å². The number of likely N-dealkylation sites (tertiary alicyclic amines) is 1. The summed E-state index contributed by atoms with van der Waals surface area (Å²) in [4.78, 5) is 28.5. The van der Waals surface area contributed by atoms with Gasteiger partial charge in [-0.25, -0.2) is 15.4 Å². The third kappa shape index (κ3) is 4.26. The van der Waals surface area contributed by atoms with Gasteiger partial charge in [0.25, 0.3) is 5.91 Å². The third-order valence-corrected chi connectivity index (χ3v) is 7.13. The molecule has 6 rings (SSSR count). The van der Waals surface area contributed by atoms with E-state index >= 15 is 0 Å². The normalized spacial score (nSPS) is 16.0. The lowest BCUT2D eigenvalue weighted by atomic mass is 9.99. The summed E-state index contributed by atoms with van der Waals surface area (Å²) in [6.45, 7) is 4.89. The van der Waals surface area contributed by atoms with Crippen LogP contribution in [0.25, 0.3) is 22.0 Å². The number of aromatic amines is 1. The molecule has 4 aromatic rings. The number of nitrogens with one attached hydrogen (secondary N) is 2. The van der Waals surface area contributed by atoms with Crippen molar-refractivity contribution in [3.63, 3.8) is 0 Å². The fourth-order valence-corrected chi connectivity index (χ4v) is 5.28. The highest BCUT2D eigenvalue weighted by Gasteiger charge is 2.23. The second-order valence-electron chi connectivity index (χ2n) is 9.41.